The van der Waals surface area contributed by atoms with E-state index >= 15 is 0 Å². The van der Waals surface area contributed by atoms with Crippen molar-refractivity contribution in [1.29, 1.82) is 0 Å². The number of alkyl halides is 1. The van der Waals surface area contributed by atoms with Gasteiger partial charge < -0.3 is 4.90 Å². The minimum Gasteiger partial charge on any atom is -0.356 e. The molecule has 0 aliphatic carbocycles. The zero-order valence-electron chi connectivity index (χ0n) is 8.42. The molecule has 0 unspecified atom stereocenters. The van der Waals surface area contributed by atoms with Crippen molar-refractivity contribution in [2.24, 2.45) is 0 Å². The van der Waals surface area contributed by atoms with E-state index in [0.29, 0.717) is 16.9 Å². The average molecular weight is 246 g/mol. The van der Waals surface area contributed by atoms with E-state index in [1.807, 2.05) is 6.07 Å². The fraction of sp³-hybridized carbons (Fsp3) is 0.600. The molecule has 2 rings (SSSR count). The van der Waals surface area contributed by atoms with Crippen molar-refractivity contribution in [2.45, 2.75) is 25.1 Å². The van der Waals surface area contributed by atoms with Crippen LogP contribution in [0.1, 0.15) is 25.1 Å². The van der Waals surface area contributed by atoms with Crippen molar-refractivity contribution < 1.29 is 0 Å². The molecule has 82 valence electrons. The Morgan fingerprint density at radius 1 is 1.20 bits per heavy atom. The Morgan fingerprint density at radius 3 is 2.60 bits per heavy atom. The van der Waals surface area contributed by atoms with Gasteiger partial charge in [0.2, 0.25) is 0 Å². The summed E-state index contributed by atoms with van der Waals surface area (Å²) in [6, 6.07) is 1.81. The molecule has 1 aromatic heterocycles. The van der Waals surface area contributed by atoms with Crippen LogP contribution in [-0.2, 0) is 5.88 Å². The second-order valence-corrected chi connectivity index (χ2v) is 4.30. The number of hydrogen-bond acceptors (Lipinski definition) is 3. The number of rotatable bonds is 2. The van der Waals surface area contributed by atoms with Crippen LogP contribution in [0.25, 0.3) is 0 Å². The molecule has 0 spiro atoms. The van der Waals surface area contributed by atoms with Gasteiger partial charge in [-0.3, -0.25) is 0 Å². The Kier molecular flexibility index (Phi) is 3.65. The zero-order valence-corrected chi connectivity index (χ0v) is 9.93. The predicted molar refractivity (Wildman–Crippen MR) is 62.7 cm³/mol. The molecular weight excluding hydrogens is 233 g/mol. The first-order valence-corrected chi connectivity index (χ1v) is 6.05. The van der Waals surface area contributed by atoms with Crippen LogP contribution in [0.3, 0.4) is 0 Å². The molecule has 15 heavy (non-hydrogen) atoms. The Bertz CT molecular complexity index is 337. The Morgan fingerprint density at radius 2 is 1.93 bits per heavy atom. The molecule has 0 aromatic carbocycles. The summed E-state index contributed by atoms with van der Waals surface area (Å²) in [5.74, 6) is 1.82. The van der Waals surface area contributed by atoms with Crippen LogP contribution < -0.4 is 4.90 Å². The molecule has 0 saturated carbocycles. The lowest BCUT2D eigenvalue weighted by Crippen LogP contribution is -2.30. The summed E-state index contributed by atoms with van der Waals surface area (Å²) in [5.41, 5.74) is 0. The van der Waals surface area contributed by atoms with Crippen LogP contribution in [-0.4, -0.2) is 23.1 Å². The van der Waals surface area contributed by atoms with Crippen LogP contribution in [0.15, 0.2) is 6.07 Å². The fourth-order valence-corrected chi connectivity index (χ4v) is 2.11. The van der Waals surface area contributed by atoms with Gasteiger partial charge in [-0.1, -0.05) is 11.6 Å². The summed E-state index contributed by atoms with van der Waals surface area (Å²) in [7, 11) is 0. The Hall–Kier alpha value is -0.540. The maximum absolute atomic E-state index is 5.91. The van der Waals surface area contributed by atoms with E-state index < -0.39 is 0 Å². The van der Waals surface area contributed by atoms with E-state index in [-0.39, 0.29) is 0 Å². The maximum atomic E-state index is 5.91. The van der Waals surface area contributed by atoms with E-state index in [9.17, 15) is 0 Å². The van der Waals surface area contributed by atoms with Gasteiger partial charge in [0.15, 0.2) is 0 Å². The highest BCUT2D eigenvalue weighted by Crippen LogP contribution is 2.20. The van der Waals surface area contributed by atoms with Crippen molar-refractivity contribution >= 4 is 29.0 Å². The molecule has 2 heterocycles. The number of aromatic nitrogens is 2. The van der Waals surface area contributed by atoms with Crippen molar-refractivity contribution in [1.82, 2.24) is 9.97 Å². The Labute approximate surface area is 99.4 Å². The largest absolute Gasteiger partial charge is 0.356 e. The molecule has 0 amide bonds. The molecule has 3 nitrogen and oxygen atoms in total. The highest BCUT2D eigenvalue weighted by molar-refractivity contribution is 6.29. The molecule has 5 heteroatoms. The summed E-state index contributed by atoms with van der Waals surface area (Å²) < 4.78 is 0. The molecule has 1 aliphatic heterocycles. The monoisotopic (exact) mass is 245 g/mol. The first-order valence-electron chi connectivity index (χ1n) is 5.14. The highest BCUT2D eigenvalue weighted by atomic mass is 35.5. The highest BCUT2D eigenvalue weighted by Gasteiger charge is 2.13. The Balaban J connectivity index is 2.22. The van der Waals surface area contributed by atoms with Gasteiger partial charge in [0.1, 0.15) is 16.8 Å². The summed E-state index contributed by atoms with van der Waals surface area (Å²) in [4.78, 5) is 10.7. The van der Waals surface area contributed by atoms with E-state index in [2.05, 4.69) is 14.9 Å². The van der Waals surface area contributed by atoms with Gasteiger partial charge in [0.25, 0.3) is 0 Å². The standard InChI is InChI=1S/C10H13Cl2N3/c11-7-9-13-8(12)6-10(14-9)15-4-2-1-3-5-15/h6H,1-5,7H2. The van der Waals surface area contributed by atoms with Gasteiger partial charge in [-0.2, -0.15) is 0 Å². The lowest BCUT2D eigenvalue weighted by atomic mass is 10.1. The molecule has 0 radical (unpaired) electrons. The van der Waals surface area contributed by atoms with Crippen LogP contribution >= 0.6 is 23.2 Å². The number of hydrogen-bond donors (Lipinski definition) is 0. The smallest absolute Gasteiger partial charge is 0.147 e. The van der Waals surface area contributed by atoms with Gasteiger partial charge in [0.05, 0.1) is 5.88 Å². The number of anilines is 1. The van der Waals surface area contributed by atoms with Gasteiger partial charge in [-0.15, -0.1) is 11.6 Å². The lowest BCUT2D eigenvalue weighted by Gasteiger charge is -2.27. The summed E-state index contributed by atoms with van der Waals surface area (Å²) in [6.45, 7) is 2.10. The van der Waals surface area contributed by atoms with Gasteiger partial charge >= 0.3 is 0 Å². The first kappa shape index (κ1) is 11.0. The van der Waals surface area contributed by atoms with E-state index in [1.165, 1.54) is 19.3 Å². The quantitative estimate of drug-likeness (QED) is 0.593. The van der Waals surface area contributed by atoms with Crippen LogP contribution in [0.4, 0.5) is 5.82 Å². The third kappa shape index (κ3) is 2.73. The average Bonchev–Trinajstić information content (AvgIpc) is 2.29. The van der Waals surface area contributed by atoms with E-state index in [4.69, 9.17) is 23.2 Å². The SMILES string of the molecule is ClCc1nc(Cl)cc(N2CCCCC2)n1. The van der Waals surface area contributed by atoms with Crippen LogP contribution in [0.5, 0.6) is 0 Å². The summed E-state index contributed by atoms with van der Waals surface area (Å²) in [5, 5.41) is 0.473. The molecule has 1 fully saturated rings. The van der Waals surface area contributed by atoms with Crippen molar-refractivity contribution in [2.75, 3.05) is 18.0 Å². The van der Waals surface area contributed by atoms with Gasteiger partial charge in [-0.25, -0.2) is 9.97 Å². The van der Waals surface area contributed by atoms with Crippen LogP contribution in [0.2, 0.25) is 5.15 Å². The maximum Gasteiger partial charge on any atom is 0.147 e. The van der Waals surface area contributed by atoms with Crippen molar-refractivity contribution in [3.8, 4) is 0 Å². The number of nitrogens with zero attached hydrogens (tertiary/aromatic N) is 3. The van der Waals surface area contributed by atoms with Gasteiger partial charge in [-0.05, 0) is 19.3 Å². The third-order valence-corrected chi connectivity index (χ3v) is 2.96. The molecular formula is C10H13Cl2N3. The topological polar surface area (TPSA) is 29.0 Å². The molecule has 1 aromatic rings. The fourth-order valence-electron chi connectivity index (χ4n) is 1.80. The van der Waals surface area contributed by atoms with Gasteiger partial charge in [0, 0.05) is 19.2 Å². The summed E-state index contributed by atoms with van der Waals surface area (Å²) in [6.07, 6.45) is 3.74. The second kappa shape index (κ2) is 4.99. The first-order chi connectivity index (χ1) is 7.29. The molecule has 0 atom stereocenters. The second-order valence-electron chi connectivity index (χ2n) is 3.65. The van der Waals surface area contributed by atoms with Crippen LogP contribution in [0, 0.1) is 0 Å². The predicted octanol–water partition coefficient (Wildman–Crippen LogP) is 2.86. The molecule has 1 aliphatic rings. The normalized spacial score (nSPS) is 16.8. The minimum atomic E-state index is 0.307. The lowest BCUT2D eigenvalue weighted by molar-refractivity contribution is 0.572. The third-order valence-electron chi connectivity index (χ3n) is 2.53. The molecule has 0 N–H and O–H groups in total. The summed E-state index contributed by atoms with van der Waals surface area (Å²) >= 11 is 11.6. The number of halogens is 2. The van der Waals surface area contributed by atoms with E-state index in [0.717, 1.165) is 18.9 Å². The zero-order chi connectivity index (χ0) is 10.7. The molecule has 0 bridgehead atoms. The van der Waals surface area contributed by atoms with E-state index in [1.54, 1.807) is 0 Å². The van der Waals surface area contributed by atoms with Crippen molar-refractivity contribution in [3.05, 3.63) is 17.0 Å². The van der Waals surface area contributed by atoms with Crippen molar-refractivity contribution in [3.63, 3.8) is 0 Å². The molecule has 1 saturated heterocycles. The number of piperidine rings is 1. The minimum absolute atomic E-state index is 0.307.